The largest absolute Gasteiger partial charge is 0.463 e. The fraction of sp³-hybridized carbons (Fsp3) is 0.357. The van der Waals surface area contributed by atoms with Gasteiger partial charge in [-0.3, -0.25) is 0 Å². The Morgan fingerprint density at radius 2 is 1.74 bits per heavy atom. The van der Waals surface area contributed by atoms with Crippen LogP contribution in [-0.4, -0.2) is 21.0 Å². The lowest BCUT2D eigenvalue weighted by atomic mass is 10.1. The molecule has 0 N–H and O–H groups in total. The summed E-state index contributed by atoms with van der Waals surface area (Å²) >= 11 is 0. The highest BCUT2D eigenvalue weighted by atomic mass is 32.2. The van der Waals surface area contributed by atoms with Gasteiger partial charge in [0.15, 0.2) is 0 Å². The number of sulfone groups is 1. The second-order valence-corrected chi connectivity index (χ2v) is 6.10. The Morgan fingerprint density at radius 1 is 1.21 bits per heavy atom. The summed E-state index contributed by atoms with van der Waals surface area (Å²) in [6, 6.07) is 3.61. The number of hydrogen-bond acceptors (Lipinski definition) is 4. The van der Waals surface area contributed by atoms with E-state index in [2.05, 4.69) is 4.74 Å². The molecule has 1 aromatic rings. The number of carbonyl (C=O) groups is 1. The smallest absolute Gasteiger partial charge is 0.331 e. The van der Waals surface area contributed by atoms with Crippen molar-refractivity contribution in [3.05, 3.63) is 40.3 Å². The van der Waals surface area contributed by atoms with Crippen molar-refractivity contribution < 1.29 is 17.9 Å². The number of aryl methyl sites for hydroxylation is 3. The van der Waals surface area contributed by atoms with Crippen molar-refractivity contribution in [3.8, 4) is 0 Å². The molecule has 5 heteroatoms. The first-order valence-corrected chi connectivity index (χ1v) is 7.50. The van der Waals surface area contributed by atoms with Gasteiger partial charge in [-0.05, 0) is 38.8 Å². The zero-order chi connectivity index (χ0) is 14.6. The van der Waals surface area contributed by atoms with Crippen LogP contribution < -0.4 is 0 Å². The lowest BCUT2D eigenvalue weighted by Crippen LogP contribution is -2.05. The summed E-state index contributed by atoms with van der Waals surface area (Å²) in [5.74, 6) is -0.659. The van der Waals surface area contributed by atoms with Crippen LogP contribution in [0.25, 0.3) is 0 Å². The molecule has 0 atom stereocenters. The molecular weight excluding hydrogens is 264 g/mol. The molecule has 0 unspecified atom stereocenters. The van der Waals surface area contributed by atoms with Gasteiger partial charge in [0.25, 0.3) is 0 Å². The Bertz CT molecular complexity index is 589. The van der Waals surface area contributed by atoms with Gasteiger partial charge in [0.05, 0.1) is 11.5 Å². The highest BCUT2D eigenvalue weighted by molar-refractivity contribution is 7.94. The Labute approximate surface area is 114 Å². The van der Waals surface area contributed by atoms with Gasteiger partial charge in [-0.25, -0.2) is 13.2 Å². The zero-order valence-corrected chi connectivity index (χ0v) is 12.4. The SMILES string of the molecule is CCOC(=O)/C=C\S(=O)(=O)c1c(C)cc(C)cc1C. The first-order chi connectivity index (χ1) is 8.77. The molecule has 19 heavy (non-hydrogen) atoms. The van der Waals surface area contributed by atoms with Gasteiger partial charge >= 0.3 is 5.97 Å². The molecule has 4 nitrogen and oxygen atoms in total. The van der Waals surface area contributed by atoms with Crippen LogP contribution in [-0.2, 0) is 19.4 Å². The highest BCUT2D eigenvalue weighted by Crippen LogP contribution is 2.23. The number of carbonyl (C=O) groups excluding carboxylic acids is 1. The molecule has 0 spiro atoms. The van der Waals surface area contributed by atoms with E-state index in [-0.39, 0.29) is 11.5 Å². The van der Waals surface area contributed by atoms with Gasteiger partial charge in [0.1, 0.15) is 0 Å². The van der Waals surface area contributed by atoms with Crippen LogP contribution in [0.2, 0.25) is 0 Å². The molecule has 0 aromatic heterocycles. The number of benzene rings is 1. The second kappa shape index (κ2) is 6.02. The molecule has 1 aromatic carbocycles. The maximum Gasteiger partial charge on any atom is 0.331 e. The van der Waals surface area contributed by atoms with Crippen molar-refractivity contribution in [1.29, 1.82) is 0 Å². The van der Waals surface area contributed by atoms with E-state index in [0.717, 1.165) is 17.0 Å². The maximum atomic E-state index is 12.2. The summed E-state index contributed by atoms with van der Waals surface area (Å²) in [4.78, 5) is 11.4. The van der Waals surface area contributed by atoms with Crippen molar-refractivity contribution >= 4 is 15.8 Å². The fourth-order valence-corrected chi connectivity index (χ4v) is 3.46. The Kier molecular flexibility index (Phi) is 4.89. The van der Waals surface area contributed by atoms with Crippen molar-refractivity contribution in [3.63, 3.8) is 0 Å². The van der Waals surface area contributed by atoms with Crippen molar-refractivity contribution in [2.45, 2.75) is 32.6 Å². The quantitative estimate of drug-likeness (QED) is 0.628. The normalized spacial score (nSPS) is 11.8. The molecule has 0 aliphatic heterocycles. The molecule has 0 fully saturated rings. The molecular formula is C14H18O4S. The maximum absolute atomic E-state index is 12.2. The van der Waals surface area contributed by atoms with Gasteiger partial charge < -0.3 is 4.74 Å². The lowest BCUT2D eigenvalue weighted by molar-refractivity contribution is -0.137. The van der Waals surface area contributed by atoms with E-state index < -0.39 is 15.8 Å². The first kappa shape index (κ1) is 15.4. The van der Waals surface area contributed by atoms with Gasteiger partial charge in [-0.15, -0.1) is 0 Å². The van der Waals surface area contributed by atoms with Gasteiger partial charge in [0.2, 0.25) is 9.84 Å². The van der Waals surface area contributed by atoms with Crippen LogP contribution in [0.5, 0.6) is 0 Å². The number of ether oxygens (including phenoxy) is 1. The molecule has 0 saturated carbocycles. The average molecular weight is 282 g/mol. The average Bonchev–Trinajstić information content (AvgIpc) is 2.25. The standard InChI is InChI=1S/C14H18O4S/c1-5-18-13(15)6-7-19(16,17)14-11(3)8-10(2)9-12(14)4/h6-9H,5H2,1-4H3/b7-6-. The minimum Gasteiger partial charge on any atom is -0.463 e. The van der Waals surface area contributed by atoms with Crippen LogP contribution in [0, 0.1) is 20.8 Å². The summed E-state index contributed by atoms with van der Waals surface area (Å²) in [7, 11) is -3.63. The monoisotopic (exact) mass is 282 g/mol. The Hall–Kier alpha value is -1.62. The lowest BCUT2D eigenvalue weighted by Gasteiger charge is -2.09. The van der Waals surface area contributed by atoms with E-state index in [4.69, 9.17) is 0 Å². The summed E-state index contributed by atoms with van der Waals surface area (Å²) < 4.78 is 29.1. The van der Waals surface area contributed by atoms with Crippen molar-refractivity contribution in [2.75, 3.05) is 6.61 Å². The van der Waals surface area contributed by atoms with Crippen LogP contribution >= 0.6 is 0 Å². The molecule has 0 bridgehead atoms. The van der Waals surface area contributed by atoms with Crippen molar-refractivity contribution in [1.82, 2.24) is 0 Å². The fourth-order valence-electron chi connectivity index (χ4n) is 2.02. The molecule has 0 heterocycles. The number of rotatable bonds is 4. The van der Waals surface area contributed by atoms with Gasteiger partial charge in [0, 0.05) is 11.5 Å². The molecule has 0 aliphatic carbocycles. The van der Waals surface area contributed by atoms with Crippen LogP contribution in [0.3, 0.4) is 0 Å². The van der Waals surface area contributed by atoms with Gasteiger partial charge in [-0.2, -0.15) is 0 Å². The third kappa shape index (κ3) is 3.92. The van der Waals surface area contributed by atoms with E-state index in [1.165, 1.54) is 0 Å². The van der Waals surface area contributed by atoms with Crippen molar-refractivity contribution in [2.24, 2.45) is 0 Å². The summed E-state index contributed by atoms with van der Waals surface area (Å²) in [6.07, 6.45) is 0.942. The van der Waals surface area contributed by atoms with Crippen LogP contribution in [0.1, 0.15) is 23.6 Å². The number of esters is 1. The van der Waals surface area contributed by atoms with Gasteiger partial charge in [-0.1, -0.05) is 17.7 Å². The number of hydrogen-bond donors (Lipinski definition) is 0. The summed E-state index contributed by atoms with van der Waals surface area (Å²) in [6.45, 7) is 7.27. The minimum atomic E-state index is -3.63. The second-order valence-electron chi connectivity index (χ2n) is 4.33. The molecule has 0 radical (unpaired) electrons. The topological polar surface area (TPSA) is 60.4 Å². The van der Waals surface area contributed by atoms with E-state index >= 15 is 0 Å². The Balaban J connectivity index is 3.19. The molecule has 0 saturated heterocycles. The minimum absolute atomic E-state index is 0.214. The predicted octanol–water partition coefficient (Wildman–Crippen LogP) is 2.46. The van der Waals surface area contributed by atoms with E-state index in [1.54, 1.807) is 32.9 Å². The zero-order valence-electron chi connectivity index (χ0n) is 11.6. The molecule has 0 aliphatic rings. The highest BCUT2D eigenvalue weighted by Gasteiger charge is 2.17. The molecule has 1 rings (SSSR count). The third-order valence-corrected chi connectivity index (χ3v) is 4.27. The molecule has 0 amide bonds. The van der Waals surface area contributed by atoms with E-state index in [1.807, 2.05) is 6.92 Å². The van der Waals surface area contributed by atoms with Crippen LogP contribution in [0.15, 0.2) is 28.5 Å². The first-order valence-electron chi connectivity index (χ1n) is 5.95. The van der Waals surface area contributed by atoms with E-state index in [9.17, 15) is 13.2 Å². The molecule has 104 valence electrons. The third-order valence-electron chi connectivity index (χ3n) is 2.56. The van der Waals surface area contributed by atoms with E-state index in [0.29, 0.717) is 11.1 Å². The van der Waals surface area contributed by atoms with Crippen LogP contribution in [0.4, 0.5) is 0 Å². The summed E-state index contributed by atoms with van der Waals surface area (Å²) in [5, 5.41) is 0.898. The predicted molar refractivity (Wildman–Crippen MR) is 73.6 cm³/mol. The summed E-state index contributed by atoms with van der Waals surface area (Å²) in [5.41, 5.74) is 2.35. The Morgan fingerprint density at radius 3 is 2.21 bits per heavy atom.